The highest BCUT2D eigenvalue weighted by atomic mass is 127. The number of benzene rings is 2. The van der Waals surface area contributed by atoms with Gasteiger partial charge in [-0.25, -0.2) is 9.69 Å². The highest BCUT2D eigenvalue weighted by Gasteiger charge is 2.18. The number of fused-ring (bicyclic) bond motifs is 1. The number of nitrogens with zero attached hydrogens (tertiary/aromatic N) is 1. The lowest BCUT2D eigenvalue weighted by Crippen LogP contribution is -2.33. The summed E-state index contributed by atoms with van der Waals surface area (Å²) in [5, 5.41) is 2.66. The van der Waals surface area contributed by atoms with E-state index in [1.807, 2.05) is 6.07 Å². The molecule has 3 rings (SSSR count). The lowest BCUT2D eigenvalue weighted by atomic mass is 10.2. The Labute approximate surface area is 140 Å². The molecule has 0 radical (unpaired) electrons. The van der Waals surface area contributed by atoms with Crippen LogP contribution in [0.3, 0.4) is 0 Å². The number of carbonyl (C=O) groups excluding carboxylic acids is 2. The Morgan fingerprint density at radius 3 is 2.77 bits per heavy atom. The maximum atomic E-state index is 12.3. The summed E-state index contributed by atoms with van der Waals surface area (Å²) < 4.78 is 11.4. The zero-order chi connectivity index (χ0) is 15.5. The Morgan fingerprint density at radius 1 is 1.18 bits per heavy atom. The maximum Gasteiger partial charge on any atom is 0.332 e. The van der Waals surface area contributed by atoms with E-state index >= 15 is 0 Å². The number of imide groups is 1. The Bertz CT molecular complexity index is 735. The van der Waals surface area contributed by atoms with Crippen LogP contribution in [0, 0.1) is 3.57 Å². The first-order chi connectivity index (χ1) is 10.7. The SMILES string of the molecule is O=CN(C(=O)Nc1ccc2c(c1)OCO2)c1cccc(I)c1. The Kier molecular flexibility index (Phi) is 4.14. The standard InChI is InChI=1S/C15H11IN2O4/c16-10-2-1-3-12(6-10)18(8-19)15(20)17-11-4-5-13-14(7-11)22-9-21-13/h1-8H,9H2,(H,17,20). The smallest absolute Gasteiger partial charge is 0.332 e. The third kappa shape index (κ3) is 2.98. The van der Waals surface area contributed by atoms with E-state index < -0.39 is 6.03 Å². The van der Waals surface area contributed by atoms with Gasteiger partial charge in [-0.1, -0.05) is 6.07 Å². The third-order valence-corrected chi connectivity index (χ3v) is 3.71. The molecule has 1 N–H and O–H groups in total. The summed E-state index contributed by atoms with van der Waals surface area (Å²) in [6.07, 6.45) is 0.480. The molecule has 22 heavy (non-hydrogen) atoms. The number of rotatable bonds is 3. The molecule has 0 fully saturated rings. The molecule has 0 bridgehead atoms. The first-order valence-electron chi connectivity index (χ1n) is 6.38. The number of anilines is 2. The van der Waals surface area contributed by atoms with E-state index in [-0.39, 0.29) is 6.79 Å². The molecule has 0 saturated carbocycles. The van der Waals surface area contributed by atoms with Crippen LogP contribution in [0.2, 0.25) is 0 Å². The largest absolute Gasteiger partial charge is 0.454 e. The molecule has 6 nitrogen and oxygen atoms in total. The highest BCUT2D eigenvalue weighted by Crippen LogP contribution is 2.34. The Balaban J connectivity index is 1.79. The summed E-state index contributed by atoms with van der Waals surface area (Å²) in [6, 6.07) is 11.6. The summed E-state index contributed by atoms with van der Waals surface area (Å²) in [5.74, 6) is 1.19. The summed E-state index contributed by atoms with van der Waals surface area (Å²) in [4.78, 5) is 24.5. The van der Waals surface area contributed by atoms with Crippen LogP contribution in [0.15, 0.2) is 42.5 Å². The van der Waals surface area contributed by atoms with Crippen LogP contribution < -0.4 is 19.7 Å². The fourth-order valence-electron chi connectivity index (χ4n) is 2.01. The number of carbonyl (C=O) groups is 2. The van der Waals surface area contributed by atoms with Crippen molar-refractivity contribution in [3.05, 3.63) is 46.0 Å². The highest BCUT2D eigenvalue weighted by molar-refractivity contribution is 14.1. The van der Waals surface area contributed by atoms with Gasteiger partial charge in [0.15, 0.2) is 11.5 Å². The third-order valence-electron chi connectivity index (χ3n) is 3.03. The maximum absolute atomic E-state index is 12.3. The van der Waals surface area contributed by atoms with Crippen molar-refractivity contribution in [2.45, 2.75) is 0 Å². The fraction of sp³-hybridized carbons (Fsp3) is 0.0667. The van der Waals surface area contributed by atoms with Crippen molar-refractivity contribution < 1.29 is 19.1 Å². The lowest BCUT2D eigenvalue weighted by molar-refractivity contribution is -0.106. The van der Waals surface area contributed by atoms with Crippen molar-refractivity contribution in [1.82, 2.24) is 0 Å². The van der Waals surface area contributed by atoms with Gasteiger partial charge in [0.1, 0.15) is 0 Å². The van der Waals surface area contributed by atoms with E-state index in [0.717, 1.165) is 8.47 Å². The molecule has 7 heteroatoms. The number of amides is 3. The minimum atomic E-state index is -0.545. The molecule has 112 valence electrons. The topological polar surface area (TPSA) is 67.9 Å². The van der Waals surface area contributed by atoms with E-state index in [4.69, 9.17) is 9.47 Å². The van der Waals surface area contributed by atoms with Crippen molar-refractivity contribution >= 4 is 46.4 Å². The van der Waals surface area contributed by atoms with Gasteiger partial charge >= 0.3 is 6.03 Å². The molecular formula is C15H11IN2O4. The number of hydrogen-bond donors (Lipinski definition) is 1. The van der Waals surface area contributed by atoms with E-state index in [1.165, 1.54) is 0 Å². The monoisotopic (exact) mass is 410 g/mol. The molecule has 0 aromatic heterocycles. The van der Waals surface area contributed by atoms with Gasteiger partial charge in [-0.3, -0.25) is 4.79 Å². The molecular weight excluding hydrogens is 399 g/mol. The molecule has 1 heterocycles. The minimum Gasteiger partial charge on any atom is -0.454 e. The van der Waals surface area contributed by atoms with Gasteiger partial charge in [-0.2, -0.15) is 0 Å². The van der Waals surface area contributed by atoms with E-state index in [0.29, 0.717) is 29.3 Å². The van der Waals surface area contributed by atoms with Gasteiger partial charge in [0, 0.05) is 15.3 Å². The molecule has 0 spiro atoms. The second-order valence-electron chi connectivity index (χ2n) is 4.45. The zero-order valence-electron chi connectivity index (χ0n) is 11.3. The number of nitrogens with one attached hydrogen (secondary N) is 1. The van der Waals surface area contributed by atoms with Crippen molar-refractivity contribution in [3.63, 3.8) is 0 Å². The van der Waals surface area contributed by atoms with Crippen LogP contribution in [-0.4, -0.2) is 19.2 Å². The van der Waals surface area contributed by atoms with E-state index in [9.17, 15) is 9.59 Å². The van der Waals surface area contributed by atoms with Crippen LogP contribution in [0.1, 0.15) is 0 Å². The van der Waals surface area contributed by atoms with Gasteiger partial charge in [0.25, 0.3) is 0 Å². The molecule has 0 unspecified atom stereocenters. The average molecular weight is 410 g/mol. The molecule has 1 aliphatic rings. The van der Waals surface area contributed by atoms with Gasteiger partial charge < -0.3 is 14.8 Å². The van der Waals surface area contributed by atoms with Crippen molar-refractivity contribution in [3.8, 4) is 11.5 Å². The van der Waals surface area contributed by atoms with Crippen LogP contribution in [-0.2, 0) is 4.79 Å². The van der Waals surface area contributed by atoms with E-state index in [1.54, 1.807) is 36.4 Å². The second-order valence-corrected chi connectivity index (χ2v) is 5.70. The number of ether oxygens (including phenoxy) is 2. The first-order valence-corrected chi connectivity index (χ1v) is 7.46. The van der Waals surface area contributed by atoms with Gasteiger partial charge in [0.05, 0.1) is 5.69 Å². The predicted octanol–water partition coefficient (Wildman–Crippen LogP) is 3.21. The number of hydrogen-bond acceptors (Lipinski definition) is 4. The normalized spacial score (nSPS) is 11.9. The molecule has 0 atom stereocenters. The van der Waals surface area contributed by atoms with Crippen LogP contribution >= 0.6 is 22.6 Å². The summed E-state index contributed by atoms with van der Waals surface area (Å²) >= 11 is 2.12. The summed E-state index contributed by atoms with van der Waals surface area (Å²) in [6.45, 7) is 0.162. The Morgan fingerprint density at radius 2 is 2.00 bits per heavy atom. The van der Waals surface area contributed by atoms with Crippen LogP contribution in [0.4, 0.5) is 16.2 Å². The van der Waals surface area contributed by atoms with Crippen molar-refractivity contribution in [1.29, 1.82) is 0 Å². The van der Waals surface area contributed by atoms with E-state index in [2.05, 4.69) is 27.9 Å². The zero-order valence-corrected chi connectivity index (χ0v) is 13.4. The quantitative estimate of drug-likeness (QED) is 0.624. The molecule has 2 aromatic rings. The molecule has 3 amide bonds. The molecule has 2 aromatic carbocycles. The summed E-state index contributed by atoms with van der Waals surface area (Å²) in [5.41, 5.74) is 1.02. The summed E-state index contributed by atoms with van der Waals surface area (Å²) in [7, 11) is 0. The second kappa shape index (κ2) is 6.22. The first kappa shape index (κ1) is 14.6. The Hall–Kier alpha value is -2.29. The molecule has 1 aliphatic heterocycles. The van der Waals surface area contributed by atoms with Crippen LogP contribution in [0.5, 0.6) is 11.5 Å². The number of urea groups is 1. The lowest BCUT2D eigenvalue weighted by Gasteiger charge is -2.16. The minimum absolute atomic E-state index is 0.162. The van der Waals surface area contributed by atoms with Gasteiger partial charge in [-0.15, -0.1) is 0 Å². The number of halogens is 1. The molecule has 0 aliphatic carbocycles. The van der Waals surface area contributed by atoms with Gasteiger partial charge in [-0.05, 0) is 52.9 Å². The predicted molar refractivity (Wildman–Crippen MR) is 89.3 cm³/mol. The van der Waals surface area contributed by atoms with Gasteiger partial charge in [0.2, 0.25) is 13.2 Å². The average Bonchev–Trinajstić information content (AvgIpc) is 2.95. The fourth-order valence-corrected chi connectivity index (χ4v) is 2.54. The molecule has 0 saturated heterocycles. The van der Waals surface area contributed by atoms with Crippen molar-refractivity contribution in [2.75, 3.05) is 17.0 Å². The van der Waals surface area contributed by atoms with Crippen LogP contribution in [0.25, 0.3) is 0 Å². The van der Waals surface area contributed by atoms with Crippen molar-refractivity contribution in [2.24, 2.45) is 0 Å².